The number of rotatable bonds is 11. The monoisotopic (exact) mass is 512 g/mol. The highest BCUT2D eigenvalue weighted by molar-refractivity contribution is 7.92. The maximum absolute atomic E-state index is 13.7. The second-order valence-electron chi connectivity index (χ2n) is 8.39. The third kappa shape index (κ3) is 6.69. The van der Waals surface area contributed by atoms with Gasteiger partial charge < -0.3 is 19.5 Å². The van der Waals surface area contributed by atoms with Crippen LogP contribution >= 0.6 is 0 Å². The Hall–Kier alpha value is -3.72. The summed E-state index contributed by atoms with van der Waals surface area (Å²) in [6.45, 7) is 5.80. The molecule has 0 atom stereocenters. The van der Waals surface area contributed by atoms with E-state index in [-0.39, 0.29) is 23.8 Å². The Morgan fingerprint density at radius 2 is 1.56 bits per heavy atom. The first kappa shape index (κ1) is 26.9. The van der Waals surface area contributed by atoms with Gasteiger partial charge in [0.25, 0.3) is 10.0 Å². The maximum Gasteiger partial charge on any atom is 0.264 e. The van der Waals surface area contributed by atoms with Crippen molar-refractivity contribution in [2.24, 2.45) is 0 Å². The molecule has 0 aliphatic rings. The summed E-state index contributed by atoms with van der Waals surface area (Å²) in [5.74, 6) is 0.931. The van der Waals surface area contributed by atoms with E-state index in [1.807, 2.05) is 51.1 Å². The van der Waals surface area contributed by atoms with Gasteiger partial charge in [-0.25, -0.2) is 8.42 Å². The molecule has 0 bridgehead atoms. The van der Waals surface area contributed by atoms with E-state index in [4.69, 9.17) is 14.2 Å². The van der Waals surface area contributed by atoms with Crippen LogP contribution in [0.5, 0.6) is 17.2 Å². The lowest BCUT2D eigenvalue weighted by Gasteiger charge is -2.25. The number of benzene rings is 3. The van der Waals surface area contributed by atoms with Crippen molar-refractivity contribution in [2.75, 3.05) is 38.2 Å². The fourth-order valence-corrected chi connectivity index (χ4v) is 5.19. The van der Waals surface area contributed by atoms with E-state index in [2.05, 4.69) is 5.32 Å². The molecule has 8 nitrogen and oxygen atoms in total. The van der Waals surface area contributed by atoms with Crippen molar-refractivity contribution in [3.63, 3.8) is 0 Å². The van der Waals surface area contributed by atoms with Gasteiger partial charge in [-0.05, 0) is 73.9 Å². The number of hydrogen-bond donors (Lipinski definition) is 1. The number of hydrogen-bond acceptors (Lipinski definition) is 6. The van der Waals surface area contributed by atoms with Crippen LogP contribution in [0.25, 0.3) is 0 Å². The molecule has 0 radical (unpaired) electrons. The van der Waals surface area contributed by atoms with Crippen molar-refractivity contribution < 1.29 is 27.4 Å². The van der Waals surface area contributed by atoms with Gasteiger partial charge in [0.1, 0.15) is 18.9 Å². The van der Waals surface area contributed by atoms with Crippen LogP contribution in [0.15, 0.2) is 65.6 Å². The van der Waals surface area contributed by atoms with E-state index < -0.39 is 22.5 Å². The molecule has 0 saturated heterocycles. The van der Waals surface area contributed by atoms with Crippen LogP contribution in [-0.2, 0) is 14.8 Å². The highest BCUT2D eigenvalue weighted by atomic mass is 32.2. The van der Waals surface area contributed by atoms with Crippen molar-refractivity contribution >= 4 is 21.6 Å². The maximum atomic E-state index is 13.7. The molecule has 0 aliphatic heterocycles. The van der Waals surface area contributed by atoms with Gasteiger partial charge >= 0.3 is 0 Å². The number of nitrogens with one attached hydrogen (secondary N) is 1. The standard InChI is InChI=1S/C27H32N2O6S/c1-19-7-6-8-23(16-19)35-12-11-28-27(30)18-29(22-14-20(2)13-21(3)15-22)36(31,32)24-9-10-25(33-4)26(17-24)34-5/h6-10,13-17H,11-12,18H2,1-5H3,(H,28,30). The van der Waals surface area contributed by atoms with Crippen molar-refractivity contribution in [1.82, 2.24) is 5.32 Å². The minimum Gasteiger partial charge on any atom is -0.493 e. The van der Waals surface area contributed by atoms with Crippen molar-refractivity contribution in [1.29, 1.82) is 0 Å². The summed E-state index contributed by atoms with van der Waals surface area (Å²) in [6, 6.07) is 17.3. The van der Waals surface area contributed by atoms with Gasteiger partial charge in [-0.2, -0.15) is 0 Å². The predicted octanol–water partition coefficient (Wildman–Crippen LogP) is 4.02. The third-order valence-corrected chi connectivity index (χ3v) is 7.18. The summed E-state index contributed by atoms with van der Waals surface area (Å²) in [6.07, 6.45) is 0. The Kier molecular flexibility index (Phi) is 8.82. The highest BCUT2D eigenvalue weighted by Gasteiger charge is 2.28. The number of sulfonamides is 1. The number of anilines is 1. The van der Waals surface area contributed by atoms with Crippen LogP contribution in [0.3, 0.4) is 0 Å². The topological polar surface area (TPSA) is 94.2 Å². The average molecular weight is 513 g/mol. The summed E-state index contributed by atoms with van der Waals surface area (Å²) >= 11 is 0. The van der Waals surface area contributed by atoms with Gasteiger partial charge in [-0.15, -0.1) is 0 Å². The first-order valence-corrected chi connectivity index (χ1v) is 12.9. The minimum atomic E-state index is -4.11. The lowest BCUT2D eigenvalue weighted by atomic mass is 10.1. The van der Waals surface area contributed by atoms with Crippen LogP contribution < -0.4 is 23.8 Å². The van der Waals surface area contributed by atoms with Crippen LogP contribution in [0, 0.1) is 20.8 Å². The summed E-state index contributed by atoms with van der Waals surface area (Å²) in [5.41, 5.74) is 3.23. The molecule has 3 aromatic rings. The number of carbonyl (C=O) groups is 1. The van der Waals surface area contributed by atoms with Gasteiger partial charge in [-0.3, -0.25) is 9.10 Å². The molecule has 0 aromatic heterocycles. The molecule has 0 heterocycles. The van der Waals surface area contributed by atoms with Crippen LogP contribution in [0.1, 0.15) is 16.7 Å². The van der Waals surface area contributed by atoms with E-state index >= 15 is 0 Å². The van der Waals surface area contributed by atoms with Gasteiger partial charge in [0.15, 0.2) is 11.5 Å². The van der Waals surface area contributed by atoms with E-state index in [1.54, 1.807) is 12.1 Å². The number of methoxy groups -OCH3 is 2. The summed E-state index contributed by atoms with van der Waals surface area (Å²) < 4.78 is 44.7. The molecule has 192 valence electrons. The van der Waals surface area contributed by atoms with Crippen LogP contribution in [0.2, 0.25) is 0 Å². The van der Waals surface area contributed by atoms with Crippen LogP contribution in [0.4, 0.5) is 5.69 Å². The first-order chi connectivity index (χ1) is 17.1. The molecule has 1 amide bonds. The van der Waals surface area contributed by atoms with E-state index in [0.717, 1.165) is 21.0 Å². The van der Waals surface area contributed by atoms with Gasteiger partial charge in [0, 0.05) is 6.07 Å². The second kappa shape index (κ2) is 11.8. The number of amides is 1. The van der Waals surface area contributed by atoms with Crippen molar-refractivity contribution in [2.45, 2.75) is 25.7 Å². The zero-order valence-corrected chi connectivity index (χ0v) is 22.0. The molecule has 9 heteroatoms. The quantitative estimate of drug-likeness (QED) is 0.390. The number of aryl methyl sites for hydroxylation is 3. The van der Waals surface area contributed by atoms with Gasteiger partial charge in [0.05, 0.1) is 31.3 Å². The van der Waals surface area contributed by atoms with E-state index in [9.17, 15) is 13.2 Å². The SMILES string of the molecule is COc1ccc(S(=O)(=O)N(CC(=O)NCCOc2cccc(C)c2)c2cc(C)cc(C)c2)cc1OC. The molecule has 3 rings (SSSR count). The normalized spacial score (nSPS) is 11.0. The predicted molar refractivity (Wildman–Crippen MR) is 140 cm³/mol. The lowest BCUT2D eigenvalue weighted by molar-refractivity contribution is -0.119. The molecule has 0 aliphatic carbocycles. The van der Waals surface area contributed by atoms with E-state index in [1.165, 1.54) is 32.4 Å². The highest BCUT2D eigenvalue weighted by Crippen LogP contribution is 2.32. The molecule has 36 heavy (non-hydrogen) atoms. The Morgan fingerprint density at radius 3 is 2.19 bits per heavy atom. The number of ether oxygens (including phenoxy) is 3. The van der Waals surface area contributed by atoms with Crippen molar-refractivity contribution in [3.05, 3.63) is 77.4 Å². The zero-order valence-electron chi connectivity index (χ0n) is 21.2. The van der Waals surface area contributed by atoms with E-state index in [0.29, 0.717) is 17.2 Å². The van der Waals surface area contributed by atoms with Gasteiger partial charge in [-0.1, -0.05) is 18.2 Å². The summed E-state index contributed by atoms with van der Waals surface area (Å²) in [7, 11) is -1.21. The Labute approximate surface area is 212 Å². The van der Waals surface area contributed by atoms with Crippen LogP contribution in [-0.4, -0.2) is 48.2 Å². The molecule has 3 aromatic carbocycles. The summed E-state index contributed by atoms with van der Waals surface area (Å²) in [5, 5.41) is 2.75. The molecular formula is C27H32N2O6S. The van der Waals surface area contributed by atoms with Gasteiger partial charge in [0.2, 0.25) is 5.91 Å². The largest absolute Gasteiger partial charge is 0.493 e. The Bertz CT molecular complexity index is 1300. The molecular weight excluding hydrogens is 480 g/mol. The Morgan fingerprint density at radius 1 is 0.861 bits per heavy atom. The summed E-state index contributed by atoms with van der Waals surface area (Å²) in [4.78, 5) is 12.8. The number of nitrogens with zero attached hydrogens (tertiary/aromatic N) is 1. The fraction of sp³-hybridized carbons (Fsp3) is 0.296. The first-order valence-electron chi connectivity index (χ1n) is 11.4. The lowest BCUT2D eigenvalue weighted by Crippen LogP contribution is -2.42. The average Bonchev–Trinajstić information content (AvgIpc) is 2.84. The van der Waals surface area contributed by atoms with Crippen molar-refractivity contribution in [3.8, 4) is 17.2 Å². The zero-order chi connectivity index (χ0) is 26.3. The third-order valence-electron chi connectivity index (χ3n) is 5.41. The minimum absolute atomic E-state index is 0.0186. The smallest absolute Gasteiger partial charge is 0.264 e. The second-order valence-corrected chi connectivity index (χ2v) is 10.3. The molecule has 0 fully saturated rings. The fourth-order valence-electron chi connectivity index (χ4n) is 3.76. The molecule has 0 unspecified atom stereocenters. The molecule has 0 spiro atoms. The Balaban J connectivity index is 1.82. The molecule has 1 N–H and O–H groups in total. The molecule has 0 saturated carbocycles. The number of carbonyl (C=O) groups excluding carboxylic acids is 1.